The van der Waals surface area contributed by atoms with Crippen LogP contribution >= 0.6 is 11.6 Å². The molecule has 2 aromatic rings. The number of rotatable bonds is 13. The maximum Gasteiger partial charge on any atom is 0.109 e. The van der Waals surface area contributed by atoms with Crippen molar-refractivity contribution in [3.8, 4) is 0 Å². The number of fused-ring (bicyclic) bond motifs is 1. The van der Waals surface area contributed by atoms with Gasteiger partial charge in [0.1, 0.15) is 5.82 Å². The first-order valence-corrected chi connectivity index (χ1v) is 10.6. The zero-order valence-electron chi connectivity index (χ0n) is 16.5. The van der Waals surface area contributed by atoms with Crippen LogP contribution in [0.5, 0.6) is 0 Å². The zero-order valence-corrected chi connectivity index (χ0v) is 17.3. The van der Waals surface area contributed by atoms with Crippen molar-refractivity contribution in [1.29, 1.82) is 0 Å². The number of aromatic nitrogens is 2. The molecule has 0 aliphatic carbocycles. The Morgan fingerprint density at radius 2 is 1.73 bits per heavy atom. The smallest absolute Gasteiger partial charge is 0.109 e. The first kappa shape index (κ1) is 21.2. The van der Waals surface area contributed by atoms with Crippen LogP contribution in [0.15, 0.2) is 18.2 Å². The number of imidazole rings is 1. The van der Waals surface area contributed by atoms with Gasteiger partial charge in [0, 0.05) is 18.0 Å². The highest BCUT2D eigenvalue weighted by Gasteiger charge is 2.12. The third kappa shape index (κ3) is 6.26. The van der Waals surface area contributed by atoms with E-state index in [0.29, 0.717) is 6.54 Å². The Morgan fingerprint density at radius 3 is 2.38 bits per heavy atom. The van der Waals surface area contributed by atoms with Gasteiger partial charge in [-0.2, -0.15) is 0 Å². The summed E-state index contributed by atoms with van der Waals surface area (Å²) in [5.74, 6) is 1.14. The Balaban J connectivity index is 2.05. The van der Waals surface area contributed by atoms with Crippen molar-refractivity contribution in [2.45, 2.75) is 65.3 Å². The Kier molecular flexibility index (Phi) is 9.44. The molecule has 26 heavy (non-hydrogen) atoms. The number of hydrogen-bond donors (Lipinski definition) is 1. The van der Waals surface area contributed by atoms with E-state index in [4.69, 9.17) is 22.3 Å². The van der Waals surface area contributed by atoms with Crippen LogP contribution in [0.2, 0.25) is 5.02 Å². The first-order chi connectivity index (χ1) is 12.7. The van der Waals surface area contributed by atoms with E-state index in [-0.39, 0.29) is 0 Å². The largest absolute Gasteiger partial charge is 0.330 e. The SMILES string of the molecule is CCCCN(CCCC)CCCn1c(CCCN)nc2cc(Cl)ccc21. The van der Waals surface area contributed by atoms with Crippen LogP contribution in [-0.2, 0) is 13.0 Å². The van der Waals surface area contributed by atoms with Gasteiger partial charge < -0.3 is 15.2 Å². The standard InChI is InChI=1S/C21H35ClN4/c1-3-5-13-25(14-6-4-2)15-8-16-26-20-11-10-18(22)17-19(20)24-21(26)9-7-12-23/h10-11,17H,3-9,12-16,23H2,1-2H3. The molecule has 0 unspecified atom stereocenters. The highest BCUT2D eigenvalue weighted by atomic mass is 35.5. The summed E-state index contributed by atoms with van der Waals surface area (Å²) in [5.41, 5.74) is 7.90. The van der Waals surface area contributed by atoms with E-state index >= 15 is 0 Å². The minimum absolute atomic E-state index is 0.700. The lowest BCUT2D eigenvalue weighted by Gasteiger charge is -2.22. The van der Waals surface area contributed by atoms with Crippen LogP contribution < -0.4 is 5.73 Å². The second-order valence-corrected chi connectivity index (χ2v) is 7.54. The highest BCUT2D eigenvalue weighted by Crippen LogP contribution is 2.22. The molecule has 146 valence electrons. The maximum atomic E-state index is 6.15. The lowest BCUT2D eigenvalue weighted by atomic mass is 10.2. The molecule has 0 bridgehead atoms. The van der Waals surface area contributed by atoms with Crippen molar-refractivity contribution in [3.05, 3.63) is 29.0 Å². The Hall–Kier alpha value is -1.10. The number of nitrogens with zero attached hydrogens (tertiary/aromatic N) is 3. The monoisotopic (exact) mass is 378 g/mol. The van der Waals surface area contributed by atoms with Gasteiger partial charge in [-0.15, -0.1) is 0 Å². The van der Waals surface area contributed by atoms with E-state index in [2.05, 4.69) is 29.4 Å². The fourth-order valence-electron chi connectivity index (χ4n) is 3.40. The van der Waals surface area contributed by atoms with Gasteiger partial charge in [0.25, 0.3) is 0 Å². The van der Waals surface area contributed by atoms with Gasteiger partial charge in [-0.05, 0) is 70.1 Å². The fraction of sp³-hybridized carbons (Fsp3) is 0.667. The van der Waals surface area contributed by atoms with E-state index in [1.165, 1.54) is 44.3 Å². The number of hydrogen-bond acceptors (Lipinski definition) is 3. The molecule has 0 atom stereocenters. The number of unbranched alkanes of at least 4 members (excludes halogenated alkanes) is 2. The summed E-state index contributed by atoms with van der Waals surface area (Å²) in [6, 6.07) is 6.03. The lowest BCUT2D eigenvalue weighted by Crippen LogP contribution is -2.28. The molecule has 0 radical (unpaired) electrons. The topological polar surface area (TPSA) is 47.1 Å². The minimum atomic E-state index is 0.700. The van der Waals surface area contributed by atoms with E-state index in [9.17, 15) is 0 Å². The summed E-state index contributed by atoms with van der Waals surface area (Å²) in [6.07, 6.45) is 8.15. The molecular weight excluding hydrogens is 344 g/mol. The van der Waals surface area contributed by atoms with Crippen molar-refractivity contribution in [1.82, 2.24) is 14.5 Å². The molecule has 0 fully saturated rings. The van der Waals surface area contributed by atoms with Gasteiger partial charge in [-0.1, -0.05) is 38.3 Å². The van der Waals surface area contributed by atoms with E-state index in [0.717, 1.165) is 48.7 Å². The quantitative estimate of drug-likeness (QED) is 0.540. The Bertz CT molecular complexity index is 645. The van der Waals surface area contributed by atoms with Crippen LogP contribution in [0.3, 0.4) is 0 Å². The van der Waals surface area contributed by atoms with Crippen molar-refractivity contribution in [2.24, 2.45) is 5.73 Å². The summed E-state index contributed by atoms with van der Waals surface area (Å²) in [7, 11) is 0. The van der Waals surface area contributed by atoms with E-state index in [1.54, 1.807) is 0 Å². The number of halogens is 1. The Labute approximate surface area is 163 Å². The van der Waals surface area contributed by atoms with E-state index < -0.39 is 0 Å². The van der Waals surface area contributed by atoms with Gasteiger partial charge in [0.15, 0.2) is 0 Å². The molecule has 5 heteroatoms. The molecule has 0 aliphatic rings. The third-order valence-corrected chi connectivity index (χ3v) is 5.14. The van der Waals surface area contributed by atoms with Crippen molar-refractivity contribution >= 4 is 22.6 Å². The molecule has 0 aliphatic heterocycles. The predicted molar refractivity (Wildman–Crippen MR) is 113 cm³/mol. The Morgan fingerprint density at radius 1 is 1.04 bits per heavy atom. The molecular formula is C21H35ClN4. The average molecular weight is 379 g/mol. The summed E-state index contributed by atoms with van der Waals surface area (Å²) in [4.78, 5) is 7.44. The molecule has 1 aromatic carbocycles. The van der Waals surface area contributed by atoms with Crippen LogP contribution in [0.4, 0.5) is 0 Å². The van der Waals surface area contributed by atoms with Gasteiger partial charge in [0.2, 0.25) is 0 Å². The molecule has 1 aromatic heterocycles. The van der Waals surface area contributed by atoms with Gasteiger partial charge in [0.05, 0.1) is 11.0 Å². The molecule has 0 amide bonds. The summed E-state index contributed by atoms with van der Waals surface area (Å²) in [5, 5.41) is 0.748. The minimum Gasteiger partial charge on any atom is -0.330 e. The molecule has 4 nitrogen and oxygen atoms in total. The van der Waals surface area contributed by atoms with Gasteiger partial charge in [-0.3, -0.25) is 0 Å². The second kappa shape index (κ2) is 11.6. The van der Waals surface area contributed by atoms with Crippen LogP contribution in [0.1, 0.15) is 58.2 Å². The van der Waals surface area contributed by atoms with Crippen LogP contribution in [-0.4, -0.2) is 40.6 Å². The average Bonchev–Trinajstić information content (AvgIpc) is 2.98. The molecule has 0 saturated heterocycles. The van der Waals surface area contributed by atoms with Crippen molar-refractivity contribution in [3.63, 3.8) is 0 Å². The molecule has 2 rings (SSSR count). The fourth-order valence-corrected chi connectivity index (χ4v) is 3.57. The number of nitrogens with two attached hydrogens (primary N) is 1. The van der Waals surface area contributed by atoms with Gasteiger partial charge in [-0.25, -0.2) is 4.98 Å². The number of benzene rings is 1. The molecule has 1 heterocycles. The van der Waals surface area contributed by atoms with Crippen molar-refractivity contribution in [2.75, 3.05) is 26.2 Å². The maximum absolute atomic E-state index is 6.15. The summed E-state index contributed by atoms with van der Waals surface area (Å²) < 4.78 is 2.37. The van der Waals surface area contributed by atoms with Crippen LogP contribution in [0.25, 0.3) is 11.0 Å². The first-order valence-electron chi connectivity index (χ1n) is 10.3. The van der Waals surface area contributed by atoms with Crippen LogP contribution in [0, 0.1) is 0 Å². The van der Waals surface area contributed by atoms with E-state index in [1.807, 2.05) is 12.1 Å². The molecule has 0 spiro atoms. The predicted octanol–water partition coefficient (Wildman–Crippen LogP) is 4.87. The van der Waals surface area contributed by atoms with Crippen molar-refractivity contribution < 1.29 is 0 Å². The summed E-state index contributed by atoms with van der Waals surface area (Å²) in [6.45, 7) is 9.84. The van der Waals surface area contributed by atoms with Gasteiger partial charge >= 0.3 is 0 Å². The third-order valence-electron chi connectivity index (χ3n) is 4.91. The zero-order chi connectivity index (χ0) is 18.8. The molecule has 2 N–H and O–H groups in total. The number of aryl methyl sites for hydroxylation is 2. The second-order valence-electron chi connectivity index (χ2n) is 7.11. The normalized spacial score (nSPS) is 11.7. The lowest BCUT2D eigenvalue weighted by molar-refractivity contribution is 0.257. The summed E-state index contributed by atoms with van der Waals surface area (Å²) >= 11 is 6.15. The molecule has 0 saturated carbocycles. The highest BCUT2D eigenvalue weighted by molar-refractivity contribution is 6.31.